The van der Waals surface area contributed by atoms with Crippen LogP contribution in [0.4, 0.5) is 5.82 Å². The van der Waals surface area contributed by atoms with E-state index in [2.05, 4.69) is 4.98 Å². The maximum Gasteiger partial charge on any atom is 0.438 e. The van der Waals surface area contributed by atoms with Crippen molar-refractivity contribution in [1.82, 2.24) is 4.98 Å². The molecule has 18 heavy (non-hydrogen) atoms. The molecule has 0 bridgehead atoms. The number of nitro groups is 1. The average molecular weight is 262 g/mol. The lowest BCUT2D eigenvalue weighted by Crippen LogP contribution is -2.25. The van der Waals surface area contributed by atoms with Crippen LogP contribution in [-0.2, 0) is 12.8 Å². The molecule has 0 unspecified atom stereocenters. The number of hydrogen-bond acceptors (Lipinski definition) is 4. The number of pyridine rings is 1. The summed E-state index contributed by atoms with van der Waals surface area (Å²) in [5, 5.41) is 11.0. The van der Waals surface area contributed by atoms with Gasteiger partial charge in [0.1, 0.15) is 17.7 Å². The van der Waals surface area contributed by atoms with Crippen LogP contribution < -0.4 is 3.96 Å². The van der Waals surface area contributed by atoms with Crippen LogP contribution in [0.1, 0.15) is 23.3 Å². The molecule has 0 N–H and O–H groups in total. The predicted octanol–water partition coefficient (Wildman–Crippen LogP) is 2.21. The lowest BCUT2D eigenvalue weighted by molar-refractivity contribution is -0.530. The van der Waals surface area contributed by atoms with Crippen LogP contribution in [0.3, 0.4) is 0 Å². The van der Waals surface area contributed by atoms with E-state index in [9.17, 15) is 10.1 Å². The number of aromatic nitrogens is 2. The smallest absolute Gasteiger partial charge is 0.358 e. The van der Waals surface area contributed by atoms with Gasteiger partial charge in [-0.2, -0.15) is 0 Å². The van der Waals surface area contributed by atoms with E-state index in [0.717, 1.165) is 12.8 Å². The summed E-state index contributed by atoms with van der Waals surface area (Å²) in [4.78, 5) is 15.7. The molecule has 2 aromatic rings. The number of nitrogens with zero attached hydrogens (tertiary/aromatic N) is 3. The molecular weight excluding hydrogens is 250 g/mol. The molecule has 0 fully saturated rings. The Labute approximate surface area is 108 Å². The van der Waals surface area contributed by atoms with E-state index in [0.29, 0.717) is 5.69 Å². The Morgan fingerprint density at radius 3 is 3.00 bits per heavy atom. The molecule has 0 atom stereocenters. The van der Waals surface area contributed by atoms with Gasteiger partial charge < -0.3 is 10.1 Å². The molecule has 0 aliphatic heterocycles. The van der Waals surface area contributed by atoms with Crippen molar-refractivity contribution >= 4 is 17.4 Å². The van der Waals surface area contributed by atoms with Crippen molar-refractivity contribution in [2.24, 2.45) is 0 Å². The lowest BCUT2D eigenvalue weighted by Gasteiger charge is -2.04. The van der Waals surface area contributed by atoms with E-state index in [4.69, 9.17) is 0 Å². The zero-order valence-electron chi connectivity index (χ0n) is 9.70. The topological polar surface area (TPSA) is 59.9 Å². The Balaban J connectivity index is 2.09. The van der Waals surface area contributed by atoms with Crippen LogP contribution in [0, 0.1) is 10.1 Å². The third-order valence-electron chi connectivity index (χ3n) is 3.12. The zero-order chi connectivity index (χ0) is 12.5. The molecule has 0 radical (unpaired) electrons. The molecule has 1 aliphatic carbocycles. The first-order chi connectivity index (χ1) is 8.75. The van der Waals surface area contributed by atoms with Gasteiger partial charge in [-0.15, -0.1) is 0 Å². The molecular formula is C12H12N3O2S+. The third-order valence-corrected chi connectivity index (χ3v) is 4.30. The van der Waals surface area contributed by atoms with Gasteiger partial charge >= 0.3 is 11.5 Å². The second kappa shape index (κ2) is 4.45. The van der Waals surface area contributed by atoms with Gasteiger partial charge in [0, 0.05) is 11.6 Å². The van der Waals surface area contributed by atoms with Crippen LogP contribution in [0.5, 0.6) is 0 Å². The number of hydrogen-bond donors (Lipinski definition) is 0. The predicted molar refractivity (Wildman–Crippen MR) is 66.9 cm³/mol. The summed E-state index contributed by atoms with van der Waals surface area (Å²) in [5.41, 5.74) is 1.88. The maximum atomic E-state index is 11.0. The van der Waals surface area contributed by atoms with Crippen molar-refractivity contribution in [2.75, 3.05) is 0 Å². The fraction of sp³-hybridized carbons (Fsp3) is 0.333. The molecule has 2 heterocycles. The van der Waals surface area contributed by atoms with Gasteiger partial charge in [0.2, 0.25) is 0 Å². The standard InChI is InChI=1S/C12H12N3O2S/c16-15(17)12-10(5-3-7-13-12)14-8-9-4-1-2-6-11(9)18-14/h3,5,7-8H,1-2,4,6H2/q+1. The van der Waals surface area contributed by atoms with Crippen molar-refractivity contribution < 1.29 is 8.88 Å². The maximum absolute atomic E-state index is 11.0. The SMILES string of the molecule is O=[N+]([O-])c1ncccc1-[n+]1cc2c(s1)CCCC2. The fourth-order valence-electron chi connectivity index (χ4n) is 2.25. The molecule has 2 aromatic heterocycles. The first-order valence-corrected chi connectivity index (χ1v) is 6.66. The fourth-order valence-corrected chi connectivity index (χ4v) is 3.41. The minimum atomic E-state index is -0.430. The van der Waals surface area contributed by atoms with Gasteiger partial charge in [0.05, 0.1) is 4.88 Å². The zero-order valence-corrected chi connectivity index (χ0v) is 10.5. The normalized spacial score (nSPS) is 14.2. The van der Waals surface area contributed by atoms with Crippen LogP contribution in [0.25, 0.3) is 5.69 Å². The second-order valence-electron chi connectivity index (χ2n) is 4.30. The Morgan fingerprint density at radius 2 is 2.22 bits per heavy atom. The highest BCUT2D eigenvalue weighted by molar-refractivity contribution is 7.02. The Morgan fingerprint density at radius 1 is 1.39 bits per heavy atom. The Kier molecular flexibility index (Phi) is 2.79. The van der Waals surface area contributed by atoms with Crippen molar-refractivity contribution in [2.45, 2.75) is 25.7 Å². The summed E-state index contributed by atoms with van der Waals surface area (Å²) in [5.74, 6) is -0.0823. The van der Waals surface area contributed by atoms with E-state index in [-0.39, 0.29) is 5.82 Å². The van der Waals surface area contributed by atoms with E-state index >= 15 is 0 Å². The van der Waals surface area contributed by atoms with Crippen molar-refractivity contribution in [1.29, 1.82) is 0 Å². The summed E-state index contributed by atoms with van der Waals surface area (Å²) in [6.45, 7) is 0. The summed E-state index contributed by atoms with van der Waals surface area (Å²) >= 11 is 1.59. The van der Waals surface area contributed by atoms with Gasteiger partial charge in [-0.05, 0) is 41.7 Å². The van der Waals surface area contributed by atoms with Gasteiger partial charge in [-0.1, -0.05) is 3.96 Å². The molecule has 0 saturated carbocycles. The summed E-state index contributed by atoms with van der Waals surface area (Å²) < 4.78 is 1.88. The van der Waals surface area contributed by atoms with Crippen LogP contribution >= 0.6 is 11.5 Å². The van der Waals surface area contributed by atoms with Gasteiger partial charge in [-0.25, -0.2) is 0 Å². The molecule has 0 aromatic carbocycles. The first kappa shape index (κ1) is 11.3. The minimum absolute atomic E-state index is 0.0823. The van der Waals surface area contributed by atoms with Crippen molar-refractivity contribution in [3.63, 3.8) is 0 Å². The molecule has 5 nitrogen and oxygen atoms in total. The third kappa shape index (κ3) is 1.88. The van der Waals surface area contributed by atoms with Gasteiger partial charge in [-0.3, -0.25) is 0 Å². The quantitative estimate of drug-likeness (QED) is 0.473. The molecule has 92 valence electrons. The molecule has 0 amide bonds. The van der Waals surface area contributed by atoms with Gasteiger partial charge in [0.25, 0.3) is 0 Å². The number of rotatable bonds is 2. The second-order valence-corrected chi connectivity index (χ2v) is 5.37. The monoisotopic (exact) mass is 262 g/mol. The van der Waals surface area contributed by atoms with E-state index in [1.807, 2.05) is 10.2 Å². The highest BCUT2D eigenvalue weighted by Crippen LogP contribution is 2.25. The van der Waals surface area contributed by atoms with Gasteiger partial charge in [0.15, 0.2) is 6.20 Å². The average Bonchev–Trinajstić information content (AvgIpc) is 2.82. The Hall–Kier alpha value is -1.82. The number of aryl methyl sites for hydroxylation is 2. The molecule has 1 aliphatic rings. The largest absolute Gasteiger partial charge is 0.438 e. The summed E-state index contributed by atoms with van der Waals surface area (Å²) in [7, 11) is 0. The highest BCUT2D eigenvalue weighted by Gasteiger charge is 2.28. The number of fused-ring (bicyclic) bond motifs is 1. The Bertz CT molecular complexity index is 586. The van der Waals surface area contributed by atoms with E-state index in [1.54, 1.807) is 23.7 Å². The molecule has 0 spiro atoms. The first-order valence-electron chi connectivity index (χ1n) is 5.89. The molecule has 3 rings (SSSR count). The van der Waals surface area contributed by atoms with Crippen molar-refractivity contribution in [3.8, 4) is 5.69 Å². The summed E-state index contributed by atoms with van der Waals surface area (Å²) in [6.07, 6.45) is 8.05. The molecule has 0 saturated heterocycles. The molecule has 6 heteroatoms. The highest BCUT2D eigenvalue weighted by atomic mass is 32.1. The van der Waals surface area contributed by atoms with E-state index < -0.39 is 4.92 Å². The van der Waals surface area contributed by atoms with Crippen LogP contribution in [0.15, 0.2) is 24.5 Å². The van der Waals surface area contributed by atoms with Crippen LogP contribution in [-0.4, -0.2) is 9.91 Å². The van der Waals surface area contributed by atoms with E-state index in [1.165, 1.54) is 29.5 Å². The lowest BCUT2D eigenvalue weighted by atomic mass is 10.0. The summed E-state index contributed by atoms with van der Waals surface area (Å²) in [6, 6.07) is 3.47. The minimum Gasteiger partial charge on any atom is -0.358 e. The van der Waals surface area contributed by atoms with Crippen molar-refractivity contribution in [3.05, 3.63) is 45.1 Å². The van der Waals surface area contributed by atoms with Crippen LogP contribution in [0.2, 0.25) is 0 Å².